The number of hydrogen-bond donors (Lipinski definition) is 0. The van der Waals surface area contributed by atoms with Crippen molar-refractivity contribution < 1.29 is 19.1 Å². The Balaban J connectivity index is 2.43. The van der Waals surface area contributed by atoms with Crippen LogP contribution in [0.4, 0.5) is 0 Å². The smallest absolute Gasteiger partial charge is 0.184 e. The van der Waals surface area contributed by atoms with Gasteiger partial charge in [0.05, 0.1) is 5.41 Å². The largest absolute Gasteiger partial charge is 0.493 e. The topological polar surface area (TPSA) is 60.4 Å². The highest BCUT2D eigenvalue weighted by atomic mass is 16.5. The molecule has 1 spiro atoms. The summed E-state index contributed by atoms with van der Waals surface area (Å²) in [7, 11) is 0. The summed E-state index contributed by atoms with van der Waals surface area (Å²) in [5.74, 6) is -0.338. The second-order valence-corrected chi connectivity index (χ2v) is 14.1. The Hall–Kier alpha value is -2.23. The number of carbonyl (C=O) groups excluding carboxylic acids is 3. The maximum atomic E-state index is 15.1. The van der Waals surface area contributed by atoms with Crippen molar-refractivity contribution in [3.05, 3.63) is 46.3 Å². The van der Waals surface area contributed by atoms with E-state index in [9.17, 15) is 9.59 Å². The summed E-state index contributed by atoms with van der Waals surface area (Å²) in [6, 6.07) is 0. The van der Waals surface area contributed by atoms with Gasteiger partial charge in [-0.05, 0) is 90.9 Å². The quantitative estimate of drug-likeness (QED) is 0.207. The van der Waals surface area contributed by atoms with Gasteiger partial charge in [-0.2, -0.15) is 0 Å². The zero-order valence-electron chi connectivity index (χ0n) is 26.4. The third-order valence-electron chi connectivity index (χ3n) is 9.65. The summed E-state index contributed by atoms with van der Waals surface area (Å²) in [5.41, 5.74) is 0.646. The van der Waals surface area contributed by atoms with Crippen molar-refractivity contribution in [2.24, 2.45) is 34.0 Å². The zero-order chi connectivity index (χ0) is 29.5. The van der Waals surface area contributed by atoms with E-state index in [1.165, 1.54) is 11.1 Å². The number of allylic oxidation sites excluding steroid dienone is 8. The molecule has 0 N–H and O–H groups in total. The van der Waals surface area contributed by atoms with Gasteiger partial charge >= 0.3 is 0 Å². The van der Waals surface area contributed by atoms with Crippen LogP contribution in [0.25, 0.3) is 0 Å². The summed E-state index contributed by atoms with van der Waals surface area (Å²) in [6.45, 7) is 22.3. The summed E-state index contributed by atoms with van der Waals surface area (Å²) >= 11 is 0. The minimum atomic E-state index is -1.70. The first-order valence-electron chi connectivity index (χ1n) is 15.0. The monoisotopic (exact) mass is 536 g/mol. The minimum Gasteiger partial charge on any atom is -0.493 e. The Labute approximate surface area is 237 Å². The lowest BCUT2D eigenvalue weighted by atomic mass is 9.38. The van der Waals surface area contributed by atoms with Gasteiger partial charge in [0.1, 0.15) is 11.9 Å². The van der Waals surface area contributed by atoms with E-state index in [2.05, 4.69) is 60.6 Å². The highest BCUT2D eigenvalue weighted by Gasteiger charge is 2.77. The maximum Gasteiger partial charge on any atom is 0.184 e. The van der Waals surface area contributed by atoms with Crippen molar-refractivity contribution in [1.82, 2.24) is 0 Å². The molecule has 2 aliphatic carbocycles. The number of carbonyl (C=O) groups is 3. The van der Waals surface area contributed by atoms with Crippen LogP contribution in [0.5, 0.6) is 0 Å². The van der Waals surface area contributed by atoms with E-state index >= 15 is 4.79 Å². The molecular formula is C35H52O4. The van der Waals surface area contributed by atoms with Crippen molar-refractivity contribution >= 4 is 17.3 Å². The molecule has 216 valence electrons. The Kier molecular flexibility index (Phi) is 9.10. The summed E-state index contributed by atoms with van der Waals surface area (Å²) < 4.78 is 6.60. The van der Waals surface area contributed by atoms with Crippen molar-refractivity contribution in [1.29, 1.82) is 0 Å². The molecule has 3 rings (SSSR count). The second-order valence-electron chi connectivity index (χ2n) is 14.1. The van der Waals surface area contributed by atoms with Gasteiger partial charge in [0, 0.05) is 17.9 Å². The van der Waals surface area contributed by atoms with Crippen molar-refractivity contribution in [2.45, 2.75) is 121 Å². The normalized spacial score (nSPS) is 31.7. The molecule has 5 atom stereocenters. The number of Topliss-reactive ketones (excluding diaryl/α,β-unsaturated/α-hetero) is 3. The molecule has 0 aromatic rings. The van der Waals surface area contributed by atoms with Crippen LogP contribution in [0.3, 0.4) is 0 Å². The summed E-state index contributed by atoms with van der Waals surface area (Å²) in [6.07, 6.45) is 9.96. The van der Waals surface area contributed by atoms with Crippen molar-refractivity contribution in [3.63, 3.8) is 0 Å². The van der Waals surface area contributed by atoms with Crippen LogP contribution < -0.4 is 0 Å². The van der Waals surface area contributed by atoms with Crippen LogP contribution in [0, 0.1) is 34.0 Å². The lowest BCUT2D eigenvalue weighted by Gasteiger charge is -2.60. The number of rotatable bonds is 10. The lowest BCUT2D eigenvalue weighted by Crippen LogP contribution is -2.70. The molecule has 0 unspecified atom stereocenters. The van der Waals surface area contributed by atoms with Crippen LogP contribution in [0.1, 0.15) is 115 Å². The first kappa shape index (κ1) is 31.3. The fourth-order valence-electron chi connectivity index (χ4n) is 7.40. The molecule has 1 saturated carbocycles. The lowest BCUT2D eigenvalue weighted by molar-refractivity contribution is -0.178. The molecular weight excluding hydrogens is 484 g/mol. The van der Waals surface area contributed by atoms with E-state index < -0.39 is 22.2 Å². The molecule has 4 heteroatoms. The molecule has 3 aliphatic rings. The fourth-order valence-corrected chi connectivity index (χ4v) is 7.40. The number of fused-ring (bicyclic) bond motifs is 1. The Morgan fingerprint density at radius 1 is 0.923 bits per heavy atom. The van der Waals surface area contributed by atoms with Gasteiger partial charge in [-0.3, -0.25) is 14.4 Å². The van der Waals surface area contributed by atoms with Gasteiger partial charge in [0.15, 0.2) is 22.8 Å². The number of ketones is 3. The second kappa shape index (κ2) is 11.3. The standard InChI is InChI=1S/C35H52O4/c1-21(2)13-12-18-33(11)26(16-14-22(3)4)19-34-20-28(24(7)8)39-31(34)27(17-15-23(5)6)30(37)35(33,32(34)38)29(36)25(9)10/h13-15,24-26,28H,12,16-20H2,1-11H3/t26-,28-,33+,34-,35-/m0/s1. The number of hydrogen-bond acceptors (Lipinski definition) is 4. The molecule has 0 aromatic carbocycles. The van der Waals surface area contributed by atoms with E-state index in [0.29, 0.717) is 37.0 Å². The van der Waals surface area contributed by atoms with Gasteiger partial charge < -0.3 is 4.74 Å². The molecule has 0 amide bonds. The predicted octanol–water partition coefficient (Wildman–Crippen LogP) is 8.52. The molecule has 0 radical (unpaired) electrons. The first-order valence-corrected chi connectivity index (χ1v) is 15.0. The Bertz CT molecular complexity index is 1130. The summed E-state index contributed by atoms with van der Waals surface area (Å²) in [4.78, 5) is 44.7. The van der Waals surface area contributed by atoms with Crippen LogP contribution in [0.2, 0.25) is 0 Å². The minimum absolute atomic E-state index is 0.00294. The maximum absolute atomic E-state index is 15.1. The SMILES string of the molecule is CC(C)=CCC[C@]1(C)[C@@H](CC=C(C)C)C[C@]23C[C@@H](C(C)C)OC2=C(CC=C(C)C)C(=O)[C@@]1(C(=O)C(C)C)C3=O. The average Bonchev–Trinajstić information content (AvgIpc) is 3.21. The Morgan fingerprint density at radius 2 is 1.51 bits per heavy atom. The summed E-state index contributed by atoms with van der Waals surface area (Å²) in [5, 5.41) is 0. The van der Waals surface area contributed by atoms with Gasteiger partial charge in [-0.15, -0.1) is 0 Å². The van der Waals surface area contributed by atoms with Crippen molar-refractivity contribution in [3.8, 4) is 0 Å². The molecule has 1 saturated heterocycles. The zero-order valence-corrected chi connectivity index (χ0v) is 26.4. The van der Waals surface area contributed by atoms with Crippen LogP contribution in [-0.2, 0) is 19.1 Å². The van der Waals surface area contributed by atoms with Crippen molar-refractivity contribution in [2.75, 3.05) is 0 Å². The molecule has 39 heavy (non-hydrogen) atoms. The average molecular weight is 537 g/mol. The van der Waals surface area contributed by atoms with E-state index in [-0.39, 0.29) is 35.3 Å². The molecule has 2 fully saturated rings. The van der Waals surface area contributed by atoms with Gasteiger partial charge in [0.25, 0.3) is 0 Å². The number of ether oxygens (including phenoxy) is 1. The Morgan fingerprint density at radius 3 is 2.03 bits per heavy atom. The van der Waals surface area contributed by atoms with Gasteiger partial charge in [-0.25, -0.2) is 0 Å². The molecule has 1 heterocycles. The molecule has 2 bridgehead atoms. The van der Waals surface area contributed by atoms with Gasteiger partial charge in [-0.1, -0.05) is 69.6 Å². The van der Waals surface area contributed by atoms with E-state index in [0.717, 1.165) is 18.4 Å². The van der Waals surface area contributed by atoms with E-state index in [1.54, 1.807) is 0 Å². The van der Waals surface area contributed by atoms with Crippen LogP contribution in [-0.4, -0.2) is 23.5 Å². The first-order chi connectivity index (χ1) is 18.1. The van der Waals surface area contributed by atoms with E-state index in [1.807, 2.05) is 33.8 Å². The molecule has 0 aromatic heterocycles. The van der Waals surface area contributed by atoms with Crippen LogP contribution >= 0.6 is 0 Å². The van der Waals surface area contributed by atoms with Gasteiger partial charge in [0.2, 0.25) is 0 Å². The molecule has 1 aliphatic heterocycles. The third kappa shape index (κ3) is 5.06. The van der Waals surface area contributed by atoms with Crippen LogP contribution in [0.15, 0.2) is 46.3 Å². The highest BCUT2D eigenvalue weighted by Crippen LogP contribution is 2.70. The molecule has 4 nitrogen and oxygen atoms in total. The highest BCUT2D eigenvalue weighted by molar-refractivity contribution is 6.33. The predicted molar refractivity (Wildman–Crippen MR) is 159 cm³/mol. The van der Waals surface area contributed by atoms with E-state index in [4.69, 9.17) is 4.74 Å². The fraction of sp³-hybridized carbons (Fsp3) is 0.686. The third-order valence-corrected chi connectivity index (χ3v) is 9.65.